The second-order valence-corrected chi connectivity index (χ2v) is 7.56. The second-order valence-electron chi connectivity index (χ2n) is 5.00. The van der Waals surface area contributed by atoms with E-state index in [-0.39, 0.29) is 5.91 Å². The number of aliphatic carboxylic acids is 1. The Balaban J connectivity index is 1.97. The van der Waals surface area contributed by atoms with Crippen LogP contribution in [-0.4, -0.2) is 56.5 Å². The molecule has 1 amide bonds. The summed E-state index contributed by atoms with van der Waals surface area (Å²) in [4.78, 5) is 25.2. The van der Waals surface area contributed by atoms with Gasteiger partial charge in [-0.05, 0) is 19.8 Å². The van der Waals surface area contributed by atoms with E-state index in [4.69, 9.17) is 0 Å². The number of carboxylic acid groups (broad SMARTS) is 1. The van der Waals surface area contributed by atoms with Crippen molar-refractivity contribution in [1.29, 1.82) is 0 Å². The topological polar surface area (TPSA) is 57.6 Å². The van der Waals surface area contributed by atoms with Crippen LogP contribution >= 0.6 is 23.5 Å². The van der Waals surface area contributed by atoms with E-state index in [2.05, 4.69) is 0 Å². The summed E-state index contributed by atoms with van der Waals surface area (Å²) in [6, 6.07) is 0. The van der Waals surface area contributed by atoms with Crippen molar-refractivity contribution in [3.05, 3.63) is 0 Å². The molecule has 2 fully saturated rings. The number of rotatable bonds is 3. The lowest BCUT2D eigenvalue weighted by atomic mass is 9.99. The fourth-order valence-corrected chi connectivity index (χ4v) is 5.22. The third-order valence-corrected chi connectivity index (χ3v) is 6.53. The van der Waals surface area contributed by atoms with Crippen LogP contribution in [0.5, 0.6) is 0 Å². The smallest absolute Gasteiger partial charge is 0.329 e. The fourth-order valence-electron chi connectivity index (χ4n) is 2.54. The van der Waals surface area contributed by atoms with Gasteiger partial charge in [0.15, 0.2) is 0 Å². The van der Waals surface area contributed by atoms with E-state index in [1.807, 2.05) is 23.5 Å². The Morgan fingerprint density at radius 3 is 2.83 bits per heavy atom. The lowest BCUT2D eigenvalue weighted by Gasteiger charge is -2.32. The van der Waals surface area contributed by atoms with Gasteiger partial charge in [0.25, 0.3) is 0 Å². The first-order valence-electron chi connectivity index (χ1n) is 6.27. The molecule has 0 aliphatic carbocycles. The molecule has 2 aliphatic heterocycles. The van der Waals surface area contributed by atoms with E-state index in [9.17, 15) is 14.7 Å². The zero-order chi connectivity index (χ0) is 13.2. The Hall–Kier alpha value is -0.360. The normalized spacial score (nSPS) is 32.5. The largest absolute Gasteiger partial charge is 0.480 e. The third-order valence-electron chi connectivity index (χ3n) is 3.69. The average molecular weight is 289 g/mol. The standard InChI is InChI=1S/C12H19NO3S2/c1-12(11(15)16)3-2-4-13(12)10(14)7-9-8-17-5-6-18-9/h9H,2-8H2,1H3,(H,15,16). The molecule has 0 aromatic heterocycles. The maximum Gasteiger partial charge on any atom is 0.329 e. The fraction of sp³-hybridized carbons (Fsp3) is 0.833. The first-order chi connectivity index (χ1) is 8.54. The molecule has 2 rings (SSSR count). The molecule has 0 bridgehead atoms. The maximum absolute atomic E-state index is 12.3. The van der Waals surface area contributed by atoms with Crippen LogP contribution in [0.25, 0.3) is 0 Å². The van der Waals surface area contributed by atoms with Gasteiger partial charge >= 0.3 is 5.97 Å². The molecule has 6 heteroatoms. The molecule has 102 valence electrons. The van der Waals surface area contributed by atoms with Gasteiger partial charge in [-0.15, -0.1) is 0 Å². The predicted molar refractivity (Wildman–Crippen MR) is 75.2 cm³/mol. The van der Waals surface area contributed by atoms with Crippen LogP contribution in [0.3, 0.4) is 0 Å². The van der Waals surface area contributed by atoms with Crippen molar-refractivity contribution in [2.75, 3.05) is 23.8 Å². The zero-order valence-electron chi connectivity index (χ0n) is 10.6. The van der Waals surface area contributed by atoms with Crippen molar-refractivity contribution in [3.8, 4) is 0 Å². The van der Waals surface area contributed by atoms with Gasteiger partial charge in [0.05, 0.1) is 0 Å². The number of hydrogen-bond acceptors (Lipinski definition) is 4. The number of likely N-dealkylation sites (tertiary alicyclic amines) is 1. The molecule has 1 N–H and O–H groups in total. The lowest BCUT2D eigenvalue weighted by molar-refractivity contribution is -0.155. The third kappa shape index (κ3) is 2.79. The number of thioether (sulfide) groups is 2. The highest BCUT2D eigenvalue weighted by atomic mass is 32.2. The highest BCUT2D eigenvalue weighted by Gasteiger charge is 2.46. The summed E-state index contributed by atoms with van der Waals surface area (Å²) in [7, 11) is 0. The van der Waals surface area contributed by atoms with Crippen molar-refractivity contribution < 1.29 is 14.7 Å². The molecule has 4 nitrogen and oxygen atoms in total. The monoisotopic (exact) mass is 289 g/mol. The van der Waals surface area contributed by atoms with Crippen LogP contribution in [0.4, 0.5) is 0 Å². The number of carboxylic acids is 1. The Labute approximate surface area is 116 Å². The lowest BCUT2D eigenvalue weighted by Crippen LogP contribution is -2.51. The molecule has 0 spiro atoms. The highest BCUT2D eigenvalue weighted by molar-refractivity contribution is 8.06. The second kappa shape index (κ2) is 5.74. The van der Waals surface area contributed by atoms with E-state index >= 15 is 0 Å². The van der Waals surface area contributed by atoms with Crippen LogP contribution in [0.15, 0.2) is 0 Å². The van der Waals surface area contributed by atoms with Gasteiger partial charge in [0, 0.05) is 35.5 Å². The first-order valence-corrected chi connectivity index (χ1v) is 8.47. The molecule has 2 heterocycles. The molecule has 18 heavy (non-hydrogen) atoms. The minimum absolute atomic E-state index is 0.0115. The summed E-state index contributed by atoms with van der Waals surface area (Å²) in [5.41, 5.74) is -0.983. The number of carbonyl (C=O) groups excluding carboxylic acids is 1. The van der Waals surface area contributed by atoms with E-state index < -0.39 is 11.5 Å². The van der Waals surface area contributed by atoms with Crippen LogP contribution in [0, 0.1) is 0 Å². The molecular formula is C12H19NO3S2. The van der Waals surface area contributed by atoms with Crippen molar-refractivity contribution in [2.24, 2.45) is 0 Å². The highest BCUT2D eigenvalue weighted by Crippen LogP contribution is 2.32. The van der Waals surface area contributed by atoms with Crippen LogP contribution in [-0.2, 0) is 9.59 Å². The van der Waals surface area contributed by atoms with Crippen LogP contribution in [0.1, 0.15) is 26.2 Å². The average Bonchev–Trinajstić information content (AvgIpc) is 2.74. The molecule has 2 saturated heterocycles. The van der Waals surface area contributed by atoms with Gasteiger partial charge in [-0.3, -0.25) is 4.79 Å². The van der Waals surface area contributed by atoms with E-state index in [1.54, 1.807) is 11.8 Å². The van der Waals surface area contributed by atoms with E-state index in [0.717, 1.165) is 23.7 Å². The number of carbonyl (C=O) groups is 2. The summed E-state index contributed by atoms with van der Waals surface area (Å²) in [6.07, 6.45) is 1.85. The van der Waals surface area contributed by atoms with Gasteiger partial charge in [-0.1, -0.05) is 0 Å². The Bertz CT molecular complexity index is 344. The SMILES string of the molecule is CC1(C(=O)O)CCCN1C(=O)CC1CSCCS1. The summed E-state index contributed by atoms with van der Waals surface area (Å²) in [6.45, 7) is 2.26. The van der Waals surface area contributed by atoms with Crippen LogP contribution in [0.2, 0.25) is 0 Å². The van der Waals surface area contributed by atoms with Gasteiger partial charge in [0.2, 0.25) is 5.91 Å². The maximum atomic E-state index is 12.3. The molecule has 0 saturated carbocycles. The van der Waals surface area contributed by atoms with Crippen LogP contribution < -0.4 is 0 Å². The molecule has 0 radical (unpaired) electrons. The van der Waals surface area contributed by atoms with Gasteiger partial charge in [-0.25, -0.2) is 4.79 Å². The van der Waals surface area contributed by atoms with Gasteiger partial charge in [-0.2, -0.15) is 23.5 Å². The molecule has 0 aromatic rings. The Morgan fingerprint density at radius 1 is 1.44 bits per heavy atom. The molecular weight excluding hydrogens is 270 g/mol. The van der Waals surface area contributed by atoms with Crippen molar-refractivity contribution in [1.82, 2.24) is 4.90 Å². The zero-order valence-corrected chi connectivity index (χ0v) is 12.2. The van der Waals surface area contributed by atoms with E-state index in [1.165, 1.54) is 0 Å². The van der Waals surface area contributed by atoms with Gasteiger partial charge in [0.1, 0.15) is 5.54 Å². The summed E-state index contributed by atoms with van der Waals surface area (Å²) < 4.78 is 0. The quantitative estimate of drug-likeness (QED) is 0.857. The van der Waals surface area contributed by atoms with Crippen molar-refractivity contribution >= 4 is 35.4 Å². The van der Waals surface area contributed by atoms with Crippen molar-refractivity contribution in [3.63, 3.8) is 0 Å². The first kappa shape index (κ1) is 14.1. The van der Waals surface area contributed by atoms with Crippen molar-refractivity contribution in [2.45, 2.75) is 37.0 Å². The molecule has 2 unspecified atom stereocenters. The molecule has 2 aliphatic rings. The minimum Gasteiger partial charge on any atom is -0.480 e. The molecule has 0 aromatic carbocycles. The Morgan fingerprint density at radius 2 is 2.22 bits per heavy atom. The number of nitrogens with zero attached hydrogens (tertiary/aromatic N) is 1. The minimum atomic E-state index is -0.983. The number of hydrogen-bond donors (Lipinski definition) is 1. The summed E-state index contributed by atoms with van der Waals surface area (Å²) in [5, 5.41) is 9.65. The van der Waals surface area contributed by atoms with E-state index in [0.29, 0.717) is 24.6 Å². The summed E-state index contributed by atoms with van der Waals surface area (Å²) >= 11 is 3.73. The molecule has 2 atom stereocenters. The summed E-state index contributed by atoms with van der Waals surface area (Å²) in [5.74, 6) is 2.40. The Kier molecular flexibility index (Phi) is 4.48. The van der Waals surface area contributed by atoms with Gasteiger partial charge < -0.3 is 10.0 Å². The predicted octanol–water partition coefficient (Wildman–Crippen LogP) is 1.69. The number of amides is 1.